The summed E-state index contributed by atoms with van der Waals surface area (Å²) >= 11 is 0. The van der Waals surface area contributed by atoms with Crippen LogP contribution in [0.5, 0.6) is 5.75 Å². The summed E-state index contributed by atoms with van der Waals surface area (Å²) in [6, 6.07) is 9.74. The number of nitrogen functional groups attached to an aromatic ring is 1. The molecule has 0 aliphatic heterocycles. The van der Waals surface area contributed by atoms with Gasteiger partial charge in [-0.25, -0.2) is 4.98 Å². The molecule has 4 aromatic rings. The largest absolute Gasteiger partial charge is 0.486 e. The molecule has 3 heterocycles. The Morgan fingerprint density at radius 2 is 2.12 bits per heavy atom. The quantitative estimate of drug-likeness (QED) is 0.592. The Balaban J connectivity index is 1.64. The van der Waals surface area contributed by atoms with Crippen LogP contribution in [0.2, 0.25) is 0 Å². The van der Waals surface area contributed by atoms with Gasteiger partial charge in [-0.05, 0) is 24.1 Å². The number of hydrogen-bond donors (Lipinski definition) is 2. The van der Waals surface area contributed by atoms with Gasteiger partial charge in [0.05, 0.1) is 5.69 Å². The first-order chi connectivity index (χ1) is 12.1. The Hall–Kier alpha value is -3.42. The van der Waals surface area contributed by atoms with Crippen LogP contribution in [0.4, 0.5) is 5.82 Å². The third-order valence-corrected chi connectivity index (χ3v) is 4.10. The lowest BCUT2D eigenvalue weighted by atomic mass is 10.0. The van der Waals surface area contributed by atoms with Crippen molar-refractivity contribution >= 4 is 17.0 Å². The standard InChI is InChI=1S/C17H17N7O/c1-10-11(4-3-5-12(10)13-6-7-24(2)22-13)9-25-14-8-15(18)19-17-16(14)20-23-21-17/h3-8H,9H2,1-2H3,(H3,18,19,20,21,23). The van der Waals surface area contributed by atoms with Crippen LogP contribution in [0.15, 0.2) is 36.5 Å². The van der Waals surface area contributed by atoms with Crippen molar-refractivity contribution in [3.8, 4) is 17.0 Å². The summed E-state index contributed by atoms with van der Waals surface area (Å²) in [5.41, 5.74) is 11.0. The molecule has 0 aliphatic carbocycles. The molecule has 25 heavy (non-hydrogen) atoms. The topological polar surface area (TPSA) is 108 Å². The molecule has 3 N–H and O–H groups in total. The fraction of sp³-hybridized carbons (Fsp3) is 0.176. The van der Waals surface area contributed by atoms with E-state index >= 15 is 0 Å². The van der Waals surface area contributed by atoms with Gasteiger partial charge in [0.1, 0.15) is 12.4 Å². The van der Waals surface area contributed by atoms with E-state index in [0.29, 0.717) is 29.3 Å². The Morgan fingerprint density at radius 3 is 2.92 bits per heavy atom. The Labute approximate surface area is 143 Å². The van der Waals surface area contributed by atoms with Gasteiger partial charge in [-0.3, -0.25) is 4.68 Å². The number of aromatic nitrogens is 6. The van der Waals surface area contributed by atoms with Crippen LogP contribution in [-0.4, -0.2) is 30.2 Å². The highest BCUT2D eigenvalue weighted by molar-refractivity contribution is 5.78. The number of aromatic amines is 1. The van der Waals surface area contributed by atoms with E-state index < -0.39 is 0 Å². The maximum atomic E-state index is 5.95. The number of nitrogens with two attached hydrogens (primary N) is 1. The number of nitrogens with zero attached hydrogens (tertiary/aromatic N) is 5. The summed E-state index contributed by atoms with van der Waals surface area (Å²) in [7, 11) is 1.91. The molecule has 0 radical (unpaired) electrons. The van der Waals surface area contributed by atoms with E-state index in [2.05, 4.69) is 38.5 Å². The van der Waals surface area contributed by atoms with Gasteiger partial charge < -0.3 is 10.5 Å². The Kier molecular flexibility index (Phi) is 3.57. The minimum absolute atomic E-state index is 0.343. The van der Waals surface area contributed by atoms with Gasteiger partial charge in [-0.2, -0.15) is 15.4 Å². The van der Waals surface area contributed by atoms with Crippen molar-refractivity contribution in [3.63, 3.8) is 0 Å². The van der Waals surface area contributed by atoms with Crippen molar-refractivity contribution in [3.05, 3.63) is 47.7 Å². The molecule has 0 bridgehead atoms. The highest BCUT2D eigenvalue weighted by atomic mass is 16.5. The van der Waals surface area contributed by atoms with Crippen LogP contribution < -0.4 is 10.5 Å². The van der Waals surface area contributed by atoms with E-state index in [9.17, 15) is 0 Å². The van der Waals surface area contributed by atoms with Gasteiger partial charge in [0.15, 0.2) is 11.3 Å². The van der Waals surface area contributed by atoms with Gasteiger partial charge in [0, 0.05) is 24.9 Å². The summed E-state index contributed by atoms with van der Waals surface area (Å²) in [4.78, 5) is 4.11. The van der Waals surface area contributed by atoms with Crippen molar-refractivity contribution in [1.82, 2.24) is 30.2 Å². The summed E-state index contributed by atoms with van der Waals surface area (Å²) in [6.45, 7) is 2.45. The van der Waals surface area contributed by atoms with Crippen molar-refractivity contribution in [2.24, 2.45) is 7.05 Å². The molecule has 0 saturated heterocycles. The molecular formula is C17H17N7O. The number of ether oxygens (including phenoxy) is 1. The molecule has 0 atom stereocenters. The number of rotatable bonds is 4. The van der Waals surface area contributed by atoms with Crippen LogP contribution in [0.3, 0.4) is 0 Å². The highest BCUT2D eigenvalue weighted by Gasteiger charge is 2.12. The molecule has 126 valence electrons. The monoisotopic (exact) mass is 335 g/mol. The number of pyridine rings is 1. The average molecular weight is 335 g/mol. The first kappa shape index (κ1) is 15.1. The summed E-state index contributed by atoms with van der Waals surface area (Å²) in [5, 5.41) is 15.0. The van der Waals surface area contributed by atoms with Gasteiger partial charge in [-0.1, -0.05) is 18.2 Å². The lowest BCUT2D eigenvalue weighted by Gasteiger charge is -2.12. The SMILES string of the molecule is Cc1c(COc2cc(N)nc3n[nH]nc23)cccc1-c1ccn(C)n1. The smallest absolute Gasteiger partial charge is 0.207 e. The van der Waals surface area contributed by atoms with Gasteiger partial charge >= 0.3 is 0 Å². The molecule has 3 aromatic heterocycles. The fourth-order valence-electron chi connectivity index (χ4n) is 2.77. The van der Waals surface area contributed by atoms with E-state index in [4.69, 9.17) is 10.5 Å². The highest BCUT2D eigenvalue weighted by Crippen LogP contribution is 2.27. The predicted molar refractivity (Wildman–Crippen MR) is 93.8 cm³/mol. The van der Waals surface area contributed by atoms with E-state index in [0.717, 1.165) is 22.4 Å². The minimum atomic E-state index is 0.343. The van der Waals surface area contributed by atoms with Crippen molar-refractivity contribution in [2.45, 2.75) is 13.5 Å². The summed E-state index contributed by atoms with van der Waals surface area (Å²) < 4.78 is 7.74. The molecule has 0 fully saturated rings. The molecular weight excluding hydrogens is 318 g/mol. The molecule has 8 nitrogen and oxygen atoms in total. The fourth-order valence-corrected chi connectivity index (χ4v) is 2.77. The summed E-state index contributed by atoms with van der Waals surface area (Å²) in [6.07, 6.45) is 1.93. The number of hydrogen-bond acceptors (Lipinski definition) is 6. The average Bonchev–Trinajstić information content (AvgIpc) is 3.22. The van der Waals surface area contributed by atoms with Crippen molar-refractivity contribution in [2.75, 3.05) is 5.73 Å². The number of aryl methyl sites for hydroxylation is 1. The second kappa shape index (κ2) is 5.90. The number of nitrogens with one attached hydrogen (secondary N) is 1. The van der Waals surface area contributed by atoms with Crippen LogP contribution in [0.1, 0.15) is 11.1 Å². The maximum absolute atomic E-state index is 5.95. The van der Waals surface area contributed by atoms with E-state index in [-0.39, 0.29) is 0 Å². The molecule has 0 aliphatic rings. The summed E-state index contributed by atoms with van der Waals surface area (Å²) in [5.74, 6) is 0.897. The normalized spacial score (nSPS) is 11.1. The zero-order chi connectivity index (χ0) is 17.4. The number of benzene rings is 1. The van der Waals surface area contributed by atoms with Crippen LogP contribution >= 0.6 is 0 Å². The zero-order valence-corrected chi connectivity index (χ0v) is 13.9. The molecule has 0 spiro atoms. The molecule has 0 unspecified atom stereocenters. The lowest BCUT2D eigenvalue weighted by Crippen LogP contribution is -2.01. The molecule has 4 rings (SSSR count). The first-order valence-electron chi connectivity index (χ1n) is 7.80. The third kappa shape index (κ3) is 2.78. The molecule has 0 saturated carbocycles. The molecule has 0 amide bonds. The maximum Gasteiger partial charge on any atom is 0.207 e. The van der Waals surface area contributed by atoms with Gasteiger partial charge in [0.2, 0.25) is 5.65 Å². The second-order valence-corrected chi connectivity index (χ2v) is 5.79. The number of fused-ring (bicyclic) bond motifs is 1. The minimum Gasteiger partial charge on any atom is -0.486 e. The van der Waals surface area contributed by atoms with Crippen molar-refractivity contribution < 1.29 is 4.74 Å². The van der Waals surface area contributed by atoms with Crippen LogP contribution in [-0.2, 0) is 13.7 Å². The van der Waals surface area contributed by atoms with Gasteiger partial charge in [-0.15, -0.1) is 5.10 Å². The Morgan fingerprint density at radius 1 is 1.24 bits per heavy atom. The van der Waals surface area contributed by atoms with Crippen molar-refractivity contribution in [1.29, 1.82) is 0 Å². The van der Waals surface area contributed by atoms with E-state index in [1.807, 2.05) is 31.4 Å². The van der Waals surface area contributed by atoms with Crippen LogP contribution in [0.25, 0.3) is 22.4 Å². The Bertz CT molecular complexity index is 1050. The van der Waals surface area contributed by atoms with E-state index in [1.165, 1.54) is 0 Å². The first-order valence-corrected chi connectivity index (χ1v) is 7.80. The zero-order valence-electron chi connectivity index (χ0n) is 13.9. The predicted octanol–water partition coefficient (Wildman–Crippen LogP) is 2.22. The van der Waals surface area contributed by atoms with Gasteiger partial charge in [0.25, 0.3) is 0 Å². The molecule has 1 aromatic carbocycles. The lowest BCUT2D eigenvalue weighted by molar-refractivity contribution is 0.308. The molecule has 8 heteroatoms. The third-order valence-electron chi connectivity index (χ3n) is 4.10. The van der Waals surface area contributed by atoms with E-state index in [1.54, 1.807) is 10.7 Å². The second-order valence-electron chi connectivity index (χ2n) is 5.79. The van der Waals surface area contributed by atoms with Crippen LogP contribution in [0, 0.1) is 6.92 Å². The number of anilines is 1. The number of H-pyrrole nitrogens is 1.